The zero-order valence-electron chi connectivity index (χ0n) is 9.45. The molecule has 1 N–H and O–H groups in total. The van der Waals surface area contributed by atoms with Crippen LogP contribution in [0.2, 0.25) is 0 Å². The van der Waals surface area contributed by atoms with E-state index in [0.717, 1.165) is 12.4 Å². The van der Waals surface area contributed by atoms with Crippen LogP contribution in [0.3, 0.4) is 0 Å². The van der Waals surface area contributed by atoms with Gasteiger partial charge in [0.2, 0.25) is 5.89 Å². The standard InChI is InChI=1S/C10H19N3OS/c1-9-12-10(13-14-9)8-11-6-4-3-5-7-15-2/h11H,3-8H2,1-2H3. The van der Waals surface area contributed by atoms with Crippen molar-refractivity contribution in [3.63, 3.8) is 0 Å². The average Bonchev–Trinajstić information content (AvgIpc) is 2.63. The number of hydrogen-bond acceptors (Lipinski definition) is 5. The maximum Gasteiger partial charge on any atom is 0.223 e. The van der Waals surface area contributed by atoms with Gasteiger partial charge in [0.25, 0.3) is 0 Å². The van der Waals surface area contributed by atoms with E-state index in [2.05, 4.69) is 21.7 Å². The van der Waals surface area contributed by atoms with E-state index in [0.29, 0.717) is 12.4 Å². The molecule has 0 atom stereocenters. The predicted octanol–water partition coefficient (Wildman–Crippen LogP) is 2.00. The molecule has 1 heterocycles. The van der Waals surface area contributed by atoms with Gasteiger partial charge in [-0.05, 0) is 31.4 Å². The van der Waals surface area contributed by atoms with Crippen LogP contribution in [0.1, 0.15) is 31.0 Å². The van der Waals surface area contributed by atoms with E-state index in [4.69, 9.17) is 4.52 Å². The van der Waals surface area contributed by atoms with Gasteiger partial charge in [-0.2, -0.15) is 16.7 Å². The average molecular weight is 229 g/mol. The third kappa shape index (κ3) is 5.79. The number of thioether (sulfide) groups is 1. The Labute approximate surface area is 95.2 Å². The van der Waals surface area contributed by atoms with Crippen molar-refractivity contribution < 1.29 is 4.52 Å². The molecule has 86 valence electrons. The van der Waals surface area contributed by atoms with Crippen molar-refractivity contribution in [2.45, 2.75) is 32.7 Å². The van der Waals surface area contributed by atoms with Gasteiger partial charge in [0.1, 0.15) is 0 Å². The van der Waals surface area contributed by atoms with E-state index in [1.54, 1.807) is 6.92 Å². The minimum absolute atomic E-state index is 0.631. The molecule has 0 saturated carbocycles. The normalized spacial score (nSPS) is 10.8. The summed E-state index contributed by atoms with van der Waals surface area (Å²) in [7, 11) is 0. The van der Waals surface area contributed by atoms with Gasteiger partial charge in [-0.1, -0.05) is 11.6 Å². The van der Waals surface area contributed by atoms with E-state index in [1.165, 1.54) is 25.0 Å². The summed E-state index contributed by atoms with van der Waals surface area (Å²) in [6.07, 6.45) is 5.97. The number of hydrogen-bond donors (Lipinski definition) is 1. The fourth-order valence-electron chi connectivity index (χ4n) is 1.29. The zero-order valence-corrected chi connectivity index (χ0v) is 10.3. The minimum Gasteiger partial charge on any atom is -0.340 e. The quantitative estimate of drug-likeness (QED) is 0.691. The fraction of sp³-hybridized carbons (Fsp3) is 0.800. The molecule has 0 saturated heterocycles. The van der Waals surface area contributed by atoms with Crippen LogP contribution in [0.15, 0.2) is 4.52 Å². The summed E-state index contributed by atoms with van der Waals surface area (Å²) in [5.74, 6) is 2.65. The highest BCUT2D eigenvalue weighted by Crippen LogP contribution is 2.01. The molecule has 0 bridgehead atoms. The number of rotatable bonds is 8. The van der Waals surface area contributed by atoms with Crippen LogP contribution < -0.4 is 5.32 Å². The van der Waals surface area contributed by atoms with Crippen LogP contribution in [0.4, 0.5) is 0 Å². The first kappa shape index (κ1) is 12.5. The topological polar surface area (TPSA) is 51.0 Å². The second-order valence-electron chi connectivity index (χ2n) is 3.46. The van der Waals surface area contributed by atoms with Gasteiger partial charge in [0, 0.05) is 6.92 Å². The highest BCUT2D eigenvalue weighted by atomic mass is 32.2. The molecule has 0 aliphatic carbocycles. The third-order valence-corrected chi connectivity index (χ3v) is 2.75. The molecule has 0 spiro atoms. The molecule has 0 aromatic carbocycles. The lowest BCUT2D eigenvalue weighted by Gasteiger charge is -2.01. The highest BCUT2D eigenvalue weighted by Gasteiger charge is 2.00. The smallest absolute Gasteiger partial charge is 0.223 e. The van der Waals surface area contributed by atoms with Crippen LogP contribution in [-0.4, -0.2) is 28.7 Å². The summed E-state index contributed by atoms with van der Waals surface area (Å²) in [4.78, 5) is 4.11. The molecule has 0 amide bonds. The zero-order chi connectivity index (χ0) is 10.9. The number of unbranched alkanes of at least 4 members (excludes halogenated alkanes) is 2. The van der Waals surface area contributed by atoms with Crippen molar-refractivity contribution in [3.8, 4) is 0 Å². The number of aryl methyl sites for hydroxylation is 1. The van der Waals surface area contributed by atoms with Gasteiger partial charge in [-0.15, -0.1) is 0 Å². The third-order valence-electron chi connectivity index (χ3n) is 2.05. The van der Waals surface area contributed by atoms with E-state index < -0.39 is 0 Å². The maximum absolute atomic E-state index is 4.87. The first-order valence-corrected chi connectivity index (χ1v) is 6.71. The molecule has 0 aliphatic rings. The summed E-state index contributed by atoms with van der Waals surface area (Å²) in [5.41, 5.74) is 0. The Kier molecular flexibility index (Phi) is 6.43. The lowest BCUT2D eigenvalue weighted by Crippen LogP contribution is -2.15. The van der Waals surface area contributed by atoms with E-state index in [-0.39, 0.29) is 0 Å². The van der Waals surface area contributed by atoms with Crippen molar-refractivity contribution in [2.24, 2.45) is 0 Å². The van der Waals surface area contributed by atoms with Crippen LogP contribution >= 0.6 is 11.8 Å². The van der Waals surface area contributed by atoms with Crippen molar-refractivity contribution in [2.75, 3.05) is 18.6 Å². The second kappa shape index (κ2) is 7.70. The van der Waals surface area contributed by atoms with Gasteiger partial charge < -0.3 is 9.84 Å². The summed E-state index contributed by atoms with van der Waals surface area (Å²) < 4.78 is 4.87. The van der Waals surface area contributed by atoms with Gasteiger partial charge in [-0.25, -0.2) is 0 Å². The summed E-state index contributed by atoms with van der Waals surface area (Å²) in [6, 6.07) is 0. The molecule has 1 aromatic heterocycles. The lowest BCUT2D eigenvalue weighted by atomic mass is 10.2. The molecule has 0 radical (unpaired) electrons. The Morgan fingerprint density at radius 1 is 1.33 bits per heavy atom. The first-order chi connectivity index (χ1) is 7.33. The maximum atomic E-state index is 4.87. The van der Waals surface area contributed by atoms with E-state index >= 15 is 0 Å². The Bertz CT molecular complexity index is 265. The lowest BCUT2D eigenvalue weighted by molar-refractivity contribution is 0.385. The number of aromatic nitrogens is 2. The van der Waals surface area contributed by atoms with Crippen molar-refractivity contribution in [1.82, 2.24) is 15.5 Å². The SMILES string of the molecule is CSCCCCCNCc1noc(C)n1. The van der Waals surface area contributed by atoms with Crippen LogP contribution in [-0.2, 0) is 6.54 Å². The number of nitrogens with one attached hydrogen (secondary N) is 1. The largest absolute Gasteiger partial charge is 0.340 e. The Balaban J connectivity index is 1.93. The van der Waals surface area contributed by atoms with E-state index in [9.17, 15) is 0 Å². The van der Waals surface area contributed by atoms with Crippen LogP contribution in [0.25, 0.3) is 0 Å². The molecular formula is C10H19N3OS. The summed E-state index contributed by atoms with van der Waals surface area (Å²) >= 11 is 1.91. The second-order valence-corrected chi connectivity index (χ2v) is 4.45. The molecule has 0 aliphatic heterocycles. The Hall–Kier alpha value is -0.550. The van der Waals surface area contributed by atoms with Crippen molar-refractivity contribution in [3.05, 3.63) is 11.7 Å². The van der Waals surface area contributed by atoms with Crippen molar-refractivity contribution in [1.29, 1.82) is 0 Å². The fourth-order valence-corrected chi connectivity index (χ4v) is 1.78. The van der Waals surface area contributed by atoms with Crippen molar-refractivity contribution >= 4 is 11.8 Å². The Morgan fingerprint density at radius 2 is 2.20 bits per heavy atom. The predicted molar refractivity (Wildman–Crippen MR) is 63.0 cm³/mol. The molecule has 0 unspecified atom stereocenters. The van der Waals surface area contributed by atoms with Gasteiger partial charge in [0.15, 0.2) is 5.82 Å². The van der Waals surface area contributed by atoms with Gasteiger partial charge in [-0.3, -0.25) is 0 Å². The van der Waals surface area contributed by atoms with Crippen LogP contribution in [0.5, 0.6) is 0 Å². The van der Waals surface area contributed by atoms with Gasteiger partial charge in [0.05, 0.1) is 6.54 Å². The molecule has 0 fully saturated rings. The molecule has 4 nitrogen and oxygen atoms in total. The Morgan fingerprint density at radius 3 is 2.87 bits per heavy atom. The van der Waals surface area contributed by atoms with Gasteiger partial charge >= 0.3 is 0 Å². The monoisotopic (exact) mass is 229 g/mol. The molecule has 1 rings (SSSR count). The first-order valence-electron chi connectivity index (χ1n) is 5.32. The molecule has 5 heteroatoms. The molecule has 1 aromatic rings. The summed E-state index contributed by atoms with van der Waals surface area (Å²) in [6.45, 7) is 3.54. The minimum atomic E-state index is 0.631. The molecule has 15 heavy (non-hydrogen) atoms. The van der Waals surface area contributed by atoms with Crippen LogP contribution in [0, 0.1) is 6.92 Å². The van der Waals surface area contributed by atoms with E-state index in [1.807, 2.05) is 11.8 Å². The summed E-state index contributed by atoms with van der Waals surface area (Å²) in [5, 5.41) is 7.11. The highest BCUT2D eigenvalue weighted by molar-refractivity contribution is 7.98. The number of nitrogens with zero attached hydrogens (tertiary/aromatic N) is 2. The molecular weight excluding hydrogens is 210 g/mol.